The monoisotopic (exact) mass is 307 g/mol. The number of anilines is 1. The summed E-state index contributed by atoms with van der Waals surface area (Å²) in [6, 6.07) is 3.33. The molecule has 2 heterocycles. The predicted octanol–water partition coefficient (Wildman–Crippen LogP) is 2.90. The Morgan fingerprint density at radius 1 is 1.29 bits per heavy atom. The number of urea groups is 1. The molecule has 0 aliphatic rings. The van der Waals surface area contributed by atoms with Gasteiger partial charge in [0.1, 0.15) is 15.4 Å². The van der Waals surface area contributed by atoms with Crippen LogP contribution in [0.15, 0.2) is 12.1 Å². The Bertz CT molecular complexity index is 722. The lowest BCUT2D eigenvalue weighted by molar-refractivity contribution is -0.142. The third kappa shape index (κ3) is 3.13. The maximum atomic E-state index is 11.9. The minimum Gasteiger partial charge on any atom is -0.480 e. The van der Waals surface area contributed by atoms with Crippen LogP contribution in [0.25, 0.3) is 10.2 Å². The first kappa shape index (κ1) is 15.2. The van der Waals surface area contributed by atoms with Crippen molar-refractivity contribution in [2.75, 3.05) is 5.32 Å². The number of rotatable bonds is 3. The number of carbonyl (C=O) groups excluding carboxylic acids is 1. The number of fused-ring (bicyclic) bond motifs is 1. The fourth-order valence-electron chi connectivity index (χ4n) is 1.78. The van der Waals surface area contributed by atoms with Crippen molar-refractivity contribution in [3.05, 3.63) is 23.4 Å². The molecule has 0 aliphatic heterocycles. The number of aliphatic carboxylic acids is 1. The molecule has 2 aromatic heterocycles. The molecule has 0 aliphatic carbocycles. The minimum atomic E-state index is -1.33. The van der Waals surface area contributed by atoms with Crippen LogP contribution < -0.4 is 10.6 Å². The van der Waals surface area contributed by atoms with Crippen molar-refractivity contribution in [2.24, 2.45) is 0 Å². The highest BCUT2D eigenvalue weighted by atomic mass is 32.1. The molecule has 0 fully saturated rings. The largest absolute Gasteiger partial charge is 0.480 e. The number of nitrogens with zero attached hydrogens (tertiary/aromatic N) is 1. The van der Waals surface area contributed by atoms with E-state index in [9.17, 15) is 9.59 Å². The number of hydrogen-bond donors (Lipinski definition) is 3. The van der Waals surface area contributed by atoms with E-state index in [1.807, 2.05) is 26.0 Å². The lowest BCUT2D eigenvalue weighted by atomic mass is 10.1. The topological polar surface area (TPSA) is 91.3 Å². The molecule has 112 valence electrons. The van der Waals surface area contributed by atoms with Crippen molar-refractivity contribution < 1.29 is 14.7 Å². The quantitative estimate of drug-likeness (QED) is 0.813. The normalized spacial score (nSPS) is 11.4. The Hall–Kier alpha value is -2.15. The van der Waals surface area contributed by atoms with Crippen molar-refractivity contribution in [3.63, 3.8) is 0 Å². The third-order valence-corrected chi connectivity index (χ3v) is 4.25. The van der Waals surface area contributed by atoms with Crippen LogP contribution in [0.3, 0.4) is 0 Å². The Labute approximate surface area is 126 Å². The third-order valence-electron chi connectivity index (χ3n) is 3.13. The smallest absolute Gasteiger partial charge is 0.328 e. The van der Waals surface area contributed by atoms with Crippen molar-refractivity contribution in [1.82, 2.24) is 10.3 Å². The van der Waals surface area contributed by atoms with Gasteiger partial charge in [-0.1, -0.05) is 11.3 Å². The van der Waals surface area contributed by atoms with Gasteiger partial charge in [0.05, 0.1) is 0 Å². The molecule has 0 saturated heterocycles. The fraction of sp³-hybridized carbons (Fsp3) is 0.357. The molecule has 2 aromatic rings. The molecule has 0 atom stereocenters. The summed E-state index contributed by atoms with van der Waals surface area (Å²) in [6.07, 6.45) is 0. The average molecular weight is 307 g/mol. The van der Waals surface area contributed by atoms with Gasteiger partial charge >= 0.3 is 12.0 Å². The summed E-state index contributed by atoms with van der Waals surface area (Å²) >= 11 is 1.37. The second-order valence-electron chi connectivity index (χ2n) is 5.37. The number of carbonyl (C=O) groups is 2. The summed E-state index contributed by atoms with van der Waals surface area (Å²) in [5.74, 6) is -1.09. The van der Waals surface area contributed by atoms with E-state index in [0.29, 0.717) is 5.00 Å². The first-order chi connectivity index (χ1) is 9.70. The van der Waals surface area contributed by atoms with E-state index >= 15 is 0 Å². The molecule has 3 N–H and O–H groups in total. The van der Waals surface area contributed by atoms with Gasteiger partial charge in [-0.05, 0) is 45.4 Å². The van der Waals surface area contributed by atoms with Gasteiger partial charge in [0, 0.05) is 11.1 Å². The summed E-state index contributed by atoms with van der Waals surface area (Å²) in [7, 11) is 0. The van der Waals surface area contributed by atoms with Crippen molar-refractivity contribution in [1.29, 1.82) is 0 Å². The van der Waals surface area contributed by atoms with E-state index in [2.05, 4.69) is 15.6 Å². The van der Waals surface area contributed by atoms with Crippen molar-refractivity contribution in [2.45, 2.75) is 33.2 Å². The molecule has 6 nitrogen and oxygen atoms in total. The average Bonchev–Trinajstić information content (AvgIpc) is 2.64. The van der Waals surface area contributed by atoms with Crippen LogP contribution in [0.4, 0.5) is 9.80 Å². The van der Waals surface area contributed by atoms with Crippen LogP contribution >= 0.6 is 11.3 Å². The molecular weight excluding hydrogens is 290 g/mol. The highest BCUT2D eigenvalue weighted by Gasteiger charge is 2.29. The molecule has 21 heavy (non-hydrogen) atoms. The number of thiophene rings is 1. The Morgan fingerprint density at radius 3 is 2.57 bits per heavy atom. The number of aromatic nitrogens is 1. The minimum absolute atomic E-state index is 0.547. The van der Waals surface area contributed by atoms with Crippen LogP contribution in [0.1, 0.15) is 25.1 Å². The molecule has 0 unspecified atom stereocenters. The predicted molar refractivity (Wildman–Crippen MR) is 83.0 cm³/mol. The Morgan fingerprint density at radius 2 is 1.95 bits per heavy atom. The second-order valence-corrected chi connectivity index (χ2v) is 6.37. The van der Waals surface area contributed by atoms with E-state index in [-0.39, 0.29) is 0 Å². The fourth-order valence-corrected chi connectivity index (χ4v) is 2.90. The molecule has 0 aromatic carbocycles. The van der Waals surface area contributed by atoms with Gasteiger partial charge in [0.25, 0.3) is 0 Å². The van der Waals surface area contributed by atoms with E-state index in [0.717, 1.165) is 21.5 Å². The van der Waals surface area contributed by atoms with Gasteiger partial charge in [-0.15, -0.1) is 0 Å². The summed E-state index contributed by atoms with van der Waals surface area (Å²) < 4.78 is 0. The maximum Gasteiger partial charge on any atom is 0.328 e. The van der Waals surface area contributed by atoms with E-state index < -0.39 is 17.5 Å². The number of carboxylic acids is 1. The summed E-state index contributed by atoms with van der Waals surface area (Å²) in [6.45, 7) is 6.66. The molecule has 0 saturated carbocycles. The van der Waals surface area contributed by atoms with E-state index in [1.54, 1.807) is 0 Å². The first-order valence-electron chi connectivity index (χ1n) is 6.40. The van der Waals surface area contributed by atoms with Crippen LogP contribution in [0, 0.1) is 13.8 Å². The lowest BCUT2D eigenvalue weighted by Gasteiger charge is -2.20. The van der Waals surface area contributed by atoms with Gasteiger partial charge in [-0.3, -0.25) is 5.32 Å². The summed E-state index contributed by atoms with van der Waals surface area (Å²) in [4.78, 5) is 28.2. The standard InChI is InChI=1S/C14H17N3O3S/c1-7-5-6-9-8(2)10(21-11(9)15-7)16-13(20)17-14(3,4)12(18)19/h5-6H,1-4H3,(H,18,19)(H2,16,17,20). The van der Waals surface area contributed by atoms with Gasteiger partial charge in [0.2, 0.25) is 0 Å². The van der Waals surface area contributed by atoms with Crippen LogP contribution in [0.5, 0.6) is 0 Å². The van der Waals surface area contributed by atoms with E-state index in [1.165, 1.54) is 25.2 Å². The number of aryl methyl sites for hydroxylation is 2. The Kier molecular flexibility index (Phi) is 3.87. The SMILES string of the molecule is Cc1ccc2c(C)c(NC(=O)NC(C)(C)C(=O)O)sc2n1. The number of amides is 2. The Balaban J connectivity index is 2.22. The molecule has 7 heteroatoms. The number of hydrogen-bond acceptors (Lipinski definition) is 4. The van der Waals surface area contributed by atoms with Gasteiger partial charge in [-0.25, -0.2) is 14.6 Å². The van der Waals surface area contributed by atoms with Crippen LogP contribution in [0.2, 0.25) is 0 Å². The molecular formula is C14H17N3O3S. The van der Waals surface area contributed by atoms with Gasteiger partial charge in [-0.2, -0.15) is 0 Å². The molecule has 0 radical (unpaired) electrons. The number of nitrogens with one attached hydrogen (secondary N) is 2. The molecule has 0 spiro atoms. The first-order valence-corrected chi connectivity index (χ1v) is 7.21. The highest BCUT2D eigenvalue weighted by molar-refractivity contribution is 7.22. The van der Waals surface area contributed by atoms with Crippen molar-refractivity contribution in [3.8, 4) is 0 Å². The summed E-state index contributed by atoms with van der Waals surface area (Å²) in [5, 5.41) is 15.8. The van der Waals surface area contributed by atoms with Crippen LogP contribution in [-0.2, 0) is 4.79 Å². The maximum absolute atomic E-state index is 11.9. The summed E-state index contributed by atoms with van der Waals surface area (Å²) in [5.41, 5.74) is 0.501. The molecule has 2 amide bonds. The zero-order valence-electron chi connectivity index (χ0n) is 12.3. The number of pyridine rings is 1. The molecule has 0 bridgehead atoms. The van der Waals surface area contributed by atoms with Crippen LogP contribution in [-0.4, -0.2) is 27.6 Å². The number of carboxylic acid groups (broad SMARTS) is 1. The zero-order valence-corrected chi connectivity index (χ0v) is 13.1. The molecule has 2 rings (SSSR count). The lowest BCUT2D eigenvalue weighted by Crippen LogP contribution is -2.51. The van der Waals surface area contributed by atoms with Gasteiger partial charge in [0.15, 0.2) is 0 Å². The highest BCUT2D eigenvalue weighted by Crippen LogP contribution is 2.33. The zero-order chi connectivity index (χ0) is 15.8. The van der Waals surface area contributed by atoms with Crippen molar-refractivity contribution >= 4 is 38.6 Å². The van der Waals surface area contributed by atoms with Gasteiger partial charge < -0.3 is 10.4 Å². The second kappa shape index (κ2) is 5.33. The van der Waals surface area contributed by atoms with E-state index in [4.69, 9.17) is 5.11 Å².